The second kappa shape index (κ2) is 7.14. The van der Waals surface area contributed by atoms with E-state index < -0.39 is 0 Å². The summed E-state index contributed by atoms with van der Waals surface area (Å²) in [4.78, 5) is 10.5. The molecule has 1 heterocycles. The summed E-state index contributed by atoms with van der Waals surface area (Å²) in [5, 5.41) is 8.68. The predicted molar refractivity (Wildman–Crippen MR) is 64.1 cm³/mol. The largest absolute Gasteiger partial charge is 0.396 e. The van der Waals surface area contributed by atoms with Crippen LogP contribution in [0.3, 0.4) is 0 Å². The quantitative estimate of drug-likeness (QED) is 0.661. The first kappa shape index (κ1) is 12.9. The Morgan fingerprint density at radius 3 is 2.69 bits per heavy atom. The first-order valence-electron chi connectivity index (χ1n) is 5.61. The van der Waals surface area contributed by atoms with E-state index in [0.29, 0.717) is 6.54 Å². The minimum Gasteiger partial charge on any atom is -0.396 e. The van der Waals surface area contributed by atoms with Crippen molar-refractivity contribution in [2.75, 3.05) is 25.1 Å². The summed E-state index contributed by atoms with van der Waals surface area (Å²) >= 11 is 0. The lowest BCUT2D eigenvalue weighted by molar-refractivity contribution is 0.283. The number of aliphatic hydroxyl groups excluding tert-OH is 1. The van der Waals surface area contributed by atoms with Crippen LogP contribution in [-0.4, -0.2) is 35.3 Å². The van der Waals surface area contributed by atoms with Crippen molar-refractivity contribution in [2.24, 2.45) is 5.73 Å². The molecule has 3 N–H and O–H groups in total. The SMILES string of the molecule is CN(CCCCCO)c1nccnc1CN. The third-order valence-electron chi connectivity index (χ3n) is 2.46. The van der Waals surface area contributed by atoms with Crippen molar-refractivity contribution < 1.29 is 5.11 Å². The molecule has 5 heteroatoms. The van der Waals surface area contributed by atoms with Crippen LogP contribution in [0, 0.1) is 0 Å². The maximum Gasteiger partial charge on any atom is 0.151 e. The Balaban J connectivity index is 2.48. The van der Waals surface area contributed by atoms with Crippen LogP contribution in [0.4, 0.5) is 5.82 Å². The van der Waals surface area contributed by atoms with Gasteiger partial charge < -0.3 is 15.7 Å². The van der Waals surface area contributed by atoms with Crippen LogP contribution in [0.5, 0.6) is 0 Å². The van der Waals surface area contributed by atoms with E-state index in [9.17, 15) is 0 Å². The van der Waals surface area contributed by atoms with Gasteiger partial charge in [0.1, 0.15) is 0 Å². The molecule has 0 aliphatic heterocycles. The van der Waals surface area contributed by atoms with E-state index in [1.807, 2.05) is 7.05 Å². The normalized spacial score (nSPS) is 10.4. The van der Waals surface area contributed by atoms with Crippen molar-refractivity contribution >= 4 is 5.82 Å². The first-order chi connectivity index (χ1) is 7.79. The Hall–Kier alpha value is -1.20. The highest BCUT2D eigenvalue weighted by Crippen LogP contribution is 2.13. The number of nitrogens with two attached hydrogens (primary N) is 1. The molecule has 0 saturated carbocycles. The molecular weight excluding hydrogens is 204 g/mol. The summed E-state index contributed by atoms with van der Waals surface area (Å²) < 4.78 is 0. The number of hydrogen-bond acceptors (Lipinski definition) is 5. The van der Waals surface area contributed by atoms with E-state index >= 15 is 0 Å². The van der Waals surface area contributed by atoms with Crippen molar-refractivity contribution in [1.29, 1.82) is 0 Å². The lowest BCUT2D eigenvalue weighted by Crippen LogP contribution is -2.22. The molecule has 0 aliphatic carbocycles. The van der Waals surface area contributed by atoms with Gasteiger partial charge in [0.25, 0.3) is 0 Å². The second-order valence-corrected chi connectivity index (χ2v) is 3.74. The van der Waals surface area contributed by atoms with E-state index in [4.69, 9.17) is 10.8 Å². The Morgan fingerprint density at radius 2 is 2.00 bits per heavy atom. The molecule has 0 fully saturated rings. The molecule has 0 aliphatic rings. The van der Waals surface area contributed by atoms with Gasteiger partial charge >= 0.3 is 0 Å². The molecule has 5 nitrogen and oxygen atoms in total. The van der Waals surface area contributed by atoms with E-state index in [2.05, 4.69) is 14.9 Å². The van der Waals surface area contributed by atoms with Gasteiger partial charge in [-0.25, -0.2) is 4.98 Å². The van der Waals surface area contributed by atoms with Crippen molar-refractivity contribution in [3.05, 3.63) is 18.1 Å². The van der Waals surface area contributed by atoms with Crippen molar-refractivity contribution in [3.8, 4) is 0 Å². The number of unbranched alkanes of at least 4 members (excludes halogenated alkanes) is 2. The minimum absolute atomic E-state index is 0.267. The molecule has 0 amide bonds. The first-order valence-corrected chi connectivity index (χ1v) is 5.61. The van der Waals surface area contributed by atoms with Gasteiger partial charge in [-0.05, 0) is 19.3 Å². The predicted octanol–water partition coefficient (Wildman–Crippen LogP) is 0.534. The average Bonchev–Trinajstić information content (AvgIpc) is 2.34. The summed E-state index contributed by atoms with van der Waals surface area (Å²) in [6.45, 7) is 1.58. The monoisotopic (exact) mass is 224 g/mol. The van der Waals surface area contributed by atoms with Gasteiger partial charge in [0.05, 0.1) is 5.69 Å². The molecule has 1 aromatic rings. The zero-order valence-corrected chi connectivity index (χ0v) is 9.76. The number of hydrogen-bond donors (Lipinski definition) is 2. The lowest BCUT2D eigenvalue weighted by Gasteiger charge is -2.19. The Kier molecular flexibility index (Phi) is 5.74. The molecule has 0 spiro atoms. The second-order valence-electron chi connectivity index (χ2n) is 3.74. The Labute approximate surface area is 96.3 Å². The van der Waals surface area contributed by atoms with Crippen LogP contribution in [0.2, 0.25) is 0 Å². The van der Waals surface area contributed by atoms with Crippen LogP contribution >= 0.6 is 0 Å². The topological polar surface area (TPSA) is 75.3 Å². The zero-order chi connectivity index (χ0) is 11.8. The lowest BCUT2D eigenvalue weighted by atomic mass is 10.2. The van der Waals surface area contributed by atoms with Crippen LogP contribution in [0.1, 0.15) is 25.0 Å². The Morgan fingerprint density at radius 1 is 1.25 bits per heavy atom. The average molecular weight is 224 g/mol. The van der Waals surface area contributed by atoms with Crippen LogP contribution < -0.4 is 10.6 Å². The summed E-state index contributed by atoms with van der Waals surface area (Å²) in [6.07, 6.45) is 6.26. The molecule has 1 aromatic heterocycles. The van der Waals surface area contributed by atoms with Gasteiger partial charge in [0.2, 0.25) is 0 Å². The summed E-state index contributed by atoms with van der Waals surface area (Å²) in [5.74, 6) is 0.856. The molecule has 0 atom stereocenters. The number of nitrogens with zero attached hydrogens (tertiary/aromatic N) is 3. The van der Waals surface area contributed by atoms with Crippen LogP contribution in [0.25, 0.3) is 0 Å². The molecule has 0 saturated heterocycles. The maximum absolute atomic E-state index is 8.68. The molecule has 0 bridgehead atoms. The molecule has 90 valence electrons. The highest BCUT2D eigenvalue weighted by molar-refractivity contribution is 5.41. The third-order valence-corrected chi connectivity index (χ3v) is 2.46. The number of aliphatic hydroxyl groups is 1. The summed E-state index contributed by atoms with van der Waals surface area (Å²) in [6, 6.07) is 0. The van der Waals surface area contributed by atoms with E-state index in [-0.39, 0.29) is 6.61 Å². The fourth-order valence-electron chi connectivity index (χ4n) is 1.57. The third kappa shape index (κ3) is 3.75. The number of rotatable bonds is 7. The zero-order valence-electron chi connectivity index (χ0n) is 9.76. The van der Waals surface area contributed by atoms with Crippen molar-refractivity contribution in [3.63, 3.8) is 0 Å². The van der Waals surface area contributed by atoms with Crippen LogP contribution in [0.15, 0.2) is 12.4 Å². The van der Waals surface area contributed by atoms with E-state index in [1.54, 1.807) is 12.4 Å². The molecule has 0 unspecified atom stereocenters. The van der Waals surface area contributed by atoms with Crippen molar-refractivity contribution in [1.82, 2.24) is 9.97 Å². The van der Waals surface area contributed by atoms with Gasteiger partial charge in [-0.15, -0.1) is 0 Å². The fourth-order valence-corrected chi connectivity index (χ4v) is 1.57. The minimum atomic E-state index is 0.267. The molecule has 1 rings (SSSR count). The van der Waals surface area contributed by atoms with Gasteiger partial charge in [0.15, 0.2) is 5.82 Å². The summed E-state index contributed by atoms with van der Waals surface area (Å²) in [7, 11) is 1.99. The molecule has 16 heavy (non-hydrogen) atoms. The standard InChI is InChI=1S/C11H20N4O/c1-15(7-3-2-4-8-16)11-10(9-12)13-5-6-14-11/h5-6,16H,2-4,7-9,12H2,1H3. The van der Waals surface area contributed by atoms with Crippen molar-refractivity contribution in [2.45, 2.75) is 25.8 Å². The fraction of sp³-hybridized carbons (Fsp3) is 0.636. The van der Waals surface area contributed by atoms with Gasteiger partial charge in [-0.2, -0.15) is 0 Å². The Bertz CT molecular complexity index is 306. The summed E-state index contributed by atoms with van der Waals surface area (Å²) in [5.41, 5.74) is 6.43. The van der Waals surface area contributed by atoms with Gasteiger partial charge in [0, 0.05) is 39.1 Å². The molecular formula is C11H20N4O. The maximum atomic E-state index is 8.68. The number of anilines is 1. The highest BCUT2D eigenvalue weighted by Gasteiger charge is 2.07. The van der Waals surface area contributed by atoms with E-state index in [1.165, 1.54) is 0 Å². The number of aromatic nitrogens is 2. The molecule has 0 aromatic carbocycles. The van der Waals surface area contributed by atoms with Gasteiger partial charge in [-0.1, -0.05) is 0 Å². The van der Waals surface area contributed by atoms with E-state index in [0.717, 1.165) is 37.3 Å². The molecule has 0 radical (unpaired) electrons. The highest BCUT2D eigenvalue weighted by atomic mass is 16.2. The van der Waals surface area contributed by atoms with Gasteiger partial charge in [-0.3, -0.25) is 4.98 Å². The van der Waals surface area contributed by atoms with Crippen LogP contribution in [-0.2, 0) is 6.54 Å². The smallest absolute Gasteiger partial charge is 0.151 e.